The minimum atomic E-state index is 0.0710. The van der Waals surface area contributed by atoms with E-state index in [-0.39, 0.29) is 11.9 Å². The second kappa shape index (κ2) is 5.87. The van der Waals surface area contributed by atoms with Gasteiger partial charge in [-0.3, -0.25) is 9.89 Å². The number of aromatic amines is 1. The monoisotopic (exact) mass is 299 g/mol. The first-order valence-corrected chi connectivity index (χ1v) is 7.65. The quantitative estimate of drug-likeness (QED) is 0.941. The molecule has 1 saturated heterocycles. The first kappa shape index (κ1) is 14.7. The highest BCUT2D eigenvalue weighted by Gasteiger charge is 2.31. The Labute approximate surface area is 130 Å². The maximum Gasteiger partial charge on any atom is 0.227 e. The third-order valence-corrected chi connectivity index (χ3v) is 4.32. The van der Waals surface area contributed by atoms with Gasteiger partial charge in [0.15, 0.2) is 0 Å². The van der Waals surface area contributed by atoms with E-state index in [4.69, 9.17) is 0 Å². The topological polar surface area (TPSA) is 74.8 Å². The van der Waals surface area contributed by atoms with E-state index < -0.39 is 0 Å². The van der Waals surface area contributed by atoms with Gasteiger partial charge in [-0.05, 0) is 39.7 Å². The van der Waals surface area contributed by atoms with Gasteiger partial charge in [0.25, 0.3) is 0 Å². The summed E-state index contributed by atoms with van der Waals surface area (Å²) in [6, 6.07) is 1.99. The molecule has 1 aliphatic heterocycles. The molecule has 0 bridgehead atoms. The zero-order valence-corrected chi connectivity index (χ0v) is 13.3. The molecule has 0 spiro atoms. The Morgan fingerprint density at radius 3 is 2.91 bits per heavy atom. The lowest BCUT2D eigenvalue weighted by Crippen LogP contribution is -2.32. The molecule has 0 aromatic carbocycles. The Morgan fingerprint density at radius 2 is 2.23 bits per heavy atom. The Kier molecular flexibility index (Phi) is 3.92. The van der Waals surface area contributed by atoms with E-state index >= 15 is 0 Å². The summed E-state index contributed by atoms with van der Waals surface area (Å²) >= 11 is 0. The molecule has 1 N–H and O–H groups in total. The van der Waals surface area contributed by atoms with Gasteiger partial charge in [-0.25, -0.2) is 9.97 Å². The first-order chi connectivity index (χ1) is 10.6. The van der Waals surface area contributed by atoms with Crippen molar-refractivity contribution in [3.05, 3.63) is 40.7 Å². The van der Waals surface area contributed by atoms with E-state index in [9.17, 15) is 4.79 Å². The van der Waals surface area contributed by atoms with E-state index in [1.54, 1.807) is 6.20 Å². The summed E-state index contributed by atoms with van der Waals surface area (Å²) in [6.07, 6.45) is 4.14. The maximum atomic E-state index is 12.7. The number of H-pyrrole nitrogens is 1. The number of aromatic nitrogens is 4. The number of amides is 1. The molecular weight excluding hydrogens is 278 g/mol. The van der Waals surface area contributed by atoms with Crippen LogP contribution in [0.3, 0.4) is 0 Å². The van der Waals surface area contributed by atoms with Gasteiger partial charge in [-0.1, -0.05) is 0 Å². The maximum absolute atomic E-state index is 12.7. The summed E-state index contributed by atoms with van der Waals surface area (Å²) in [5.74, 6) is 0.893. The smallest absolute Gasteiger partial charge is 0.227 e. The number of nitrogens with one attached hydrogen (secondary N) is 1. The van der Waals surface area contributed by atoms with Crippen LogP contribution in [0.1, 0.15) is 47.4 Å². The Balaban J connectivity index is 1.80. The highest BCUT2D eigenvalue weighted by Crippen LogP contribution is 2.31. The van der Waals surface area contributed by atoms with Crippen LogP contribution in [0.5, 0.6) is 0 Å². The molecule has 6 heteroatoms. The van der Waals surface area contributed by atoms with Crippen LogP contribution in [0.15, 0.2) is 12.3 Å². The number of likely N-dealkylation sites (tertiary alicyclic amines) is 1. The lowest BCUT2D eigenvalue weighted by Gasteiger charge is -2.24. The van der Waals surface area contributed by atoms with E-state index in [1.807, 2.05) is 31.7 Å². The van der Waals surface area contributed by atoms with Gasteiger partial charge in [0.05, 0.1) is 23.9 Å². The summed E-state index contributed by atoms with van der Waals surface area (Å²) in [6.45, 7) is 6.56. The van der Waals surface area contributed by atoms with Gasteiger partial charge in [0.1, 0.15) is 5.82 Å². The lowest BCUT2D eigenvalue weighted by molar-refractivity contribution is -0.131. The lowest BCUT2D eigenvalue weighted by atomic mass is 10.1. The predicted molar refractivity (Wildman–Crippen MR) is 82.2 cm³/mol. The van der Waals surface area contributed by atoms with Crippen molar-refractivity contribution in [3.8, 4) is 0 Å². The van der Waals surface area contributed by atoms with Crippen molar-refractivity contribution < 1.29 is 4.79 Å². The fourth-order valence-corrected chi connectivity index (χ4v) is 3.12. The van der Waals surface area contributed by atoms with Crippen LogP contribution >= 0.6 is 0 Å². The Hall–Kier alpha value is -2.24. The largest absolute Gasteiger partial charge is 0.334 e. The summed E-state index contributed by atoms with van der Waals surface area (Å²) in [5, 5.41) is 7.11. The number of rotatable bonds is 3. The van der Waals surface area contributed by atoms with E-state index in [2.05, 4.69) is 20.2 Å². The van der Waals surface area contributed by atoms with Crippen molar-refractivity contribution in [2.75, 3.05) is 6.54 Å². The van der Waals surface area contributed by atoms with Gasteiger partial charge >= 0.3 is 0 Å². The summed E-state index contributed by atoms with van der Waals surface area (Å²) in [4.78, 5) is 23.3. The molecule has 1 aliphatic rings. The fraction of sp³-hybridized carbons (Fsp3) is 0.500. The average molecular weight is 299 g/mol. The second-order valence-electron chi connectivity index (χ2n) is 5.86. The van der Waals surface area contributed by atoms with Gasteiger partial charge in [0.2, 0.25) is 5.91 Å². The van der Waals surface area contributed by atoms with E-state index in [1.165, 1.54) is 0 Å². The molecule has 116 valence electrons. The van der Waals surface area contributed by atoms with Crippen molar-refractivity contribution in [1.29, 1.82) is 0 Å². The Bertz CT molecular complexity index is 674. The summed E-state index contributed by atoms with van der Waals surface area (Å²) < 4.78 is 0. The van der Waals surface area contributed by atoms with Crippen LogP contribution in [-0.2, 0) is 11.2 Å². The minimum Gasteiger partial charge on any atom is -0.334 e. The van der Waals surface area contributed by atoms with Crippen LogP contribution in [0.2, 0.25) is 0 Å². The summed E-state index contributed by atoms with van der Waals surface area (Å²) in [5.41, 5.74) is 3.83. The first-order valence-electron chi connectivity index (χ1n) is 7.65. The van der Waals surface area contributed by atoms with E-state index in [0.717, 1.165) is 47.9 Å². The molecule has 0 aliphatic carbocycles. The third-order valence-electron chi connectivity index (χ3n) is 4.32. The molecule has 3 rings (SSSR count). The van der Waals surface area contributed by atoms with Gasteiger partial charge in [-0.2, -0.15) is 5.10 Å². The van der Waals surface area contributed by atoms with Gasteiger partial charge in [-0.15, -0.1) is 0 Å². The zero-order valence-electron chi connectivity index (χ0n) is 13.3. The summed E-state index contributed by atoms with van der Waals surface area (Å²) in [7, 11) is 0. The number of aryl methyl sites for hydroxylation is 3. The molecular formula is C16H21N5O. The zero-order chi connectivity index (χ0) is 15.7. The second-order valence-corrected chi connectivity index (χ2v) is 5.86. The Morgan fingerprint density at radius 1 is 1.41 bits per heavy atom. The third kappa shape index (κ3) is 2.73. The molecule has 1 fully saturated rings. The molecule has 2 aromatic heterocycles. The average Bonchev–Trinajstić information content (AvgIpc) is 3.09. The molecule has 1 atom stereocenters. The van der Waals surface area contributed by atoms with Crippen LogP contribution in [0, 0.1) is 20.8 Å². The molecule has 0 unspecified atom stereocenters. The van der Waals surface area contributed by atoms with Gasteiger partial charge in [0, 0.05) is 24.0 Å². The van der Waals surface area contributed by atoms with Crippen molar-refractivity contribution in [3.63, 3.8) is 0 Å². The molecule has 3 heterocycles. The van der Waals surface area contributed by atoms with Crippen LogP contribution in [0.25, 0.3) is 0 Å². The molecule has 22 heavy (non-hydrogen) atoms. The number of carbonyl (C=O) groups excluding carboxylic acids is 1. The van der Waals surface area contributed by atoms with Crippen LogP contribution in [-0.4, -0.2) is 37.5 Å². The predicted octanol–water partition coefficient (Wildman–Crippen LogP) is 2.03. The molecule has 1 amide bonds. The number of hydrogen-bond donors (Lipinski definition) is 1. The number of carbonyl (C=O) groups is 1. The van der Waals surface area contributed by atoms with Gasteiger partial charge < -0.3 is 4.90 Å². The standard InChI is InChI=1S/C16H21N5O/c1-10-13(11(2)20-19-10)9-16(22)21-8-4-5-15(21)14-6-7-17-12(3)18-14/h6-7,15H,4-5,8-9H2,1-3H3,(H,19,20)/t15-/m0/s1. The van der Waals surface area contributed by atoms with Crippen molar-refractivity contribution >= 4 is 5.91 Å². The van der Waals surface area contributed by atoms with Crippen LogP contribution in [0.4, 0.5) is 0 Å². The molecule has 0 saturated carbocycles. The number of nitrogens with zero attached hydrogens (tertiary/aromatic N) is 4. The minimum absolute atomic E-state index is 0.0710. The van der Waals surface area contributed by atoms with Crippen molar-refractivity contribution in [1.82, 2.24) is 25.1 Å². The molecule has 6 nitrogen and oxygen atoms in total. The van der Waals surface area contributed by atoms with Crippen LogP contribution < -0.4 is 0 Å². The highest BCUT2D eigenvalue weighted by atomic mass is 16.2. The highest BCUT2D eigenvalue weighted by molar-refractivity contribution is 5.80. The molecule has 0 radical (unpaired) electrons. The molecule has 2 aromatic rings. The SMILES string of the molecule is Cc1nccc([C@@H]2CCCN2C(=O)Cc2c(C)n[nH]c2C)n1. The van der Waals surface area contributed by atoms with Crippen molar-refractivity contribution in [2.45, 2.75) is 46.1 Å². The fourth-order valence-electron chi connectivity index (χ4n) is 3.12. The van der Waals surface area contributed by atoms with Crippen molar-refractivity contribution in [2.24, 2.45) is 0 Å². The normalized spacial score (nSPS) is 18.0. The number of hydrogen-bond acceptors (Lipinski definition) is 4. The van der Waals surface area contributed by atoms with E-state index in [0.29, 0.717) is 6.42 Å².